The number of nitrogens with one attached hydrogen (secondary N) is 1. The molecule has 3 aliphatic rings. The van der Waals surface area contributed by atoms with Gasteiger partial charge in [-0.25, -0.2) is 4.79 Å². The molecule has 1 N–H and O–H groups in total. The van der Waals surface area contributed by atoms with Crippen LogP contribution < -0.4 is 10.2 Å². The van der Waals surface area contributed by atoms with Crippen molar-refractivity contribution < 1.29 is 4.79 Å². The third-order valence-corrected chi connectivity index (χ3v) is 7.19. The Hall–Kier alpha value is -1.47. The number of urea groups is 1. The molecule has 0 aliphatic carbocycles. The van der Waals surface area contributed by atoms with E-state index in [1.54, 1.807) is 6.20 Å². The number of thioether (sulfide) groups is 1. The van der Waals surface area contributed by atoms with Crippen LogP contribution in [0.3, 0.4) is 0 Å². The van der Waals surface area contributed by atoms with Crippen LogP contribution in [0.4, 0.5) is 10.5 Å². The Balaban J connectivity index is 1.19. The van der Waals surface area contributed by atoms with Crippen LogP contribution in [0.15, 0.2) is 24.5 Å². The van der Waals surface area contributed by atoms with E-state index in [-0.39, 0.29) is 6.03 Å². The van der Waals surface area contributed by atoms with Gasteiger partial charge in [-0.1, -0.05) is 0 Å². The molecule has 0 unspecified atom stereocenters. The number of anilines is 1. The summed E-state index contributed by atoms with van der Waals surface area (Å²) >= 11 is 2.09. The molecule has 0 aromatic carbocycles. The van der Waals surface area contributed by atoms with Crippen LogP contribution in [0.25, 0.3) is 0 Å². The van der Waals surface area contributed by atoms with Gasteiger partial charge in [0.1, 0.15) is 0 Å². The molecule has 3 fully saturated rings. The smallest absolute Gasteiger partial charge is 0.317 e. The number of aromatic nitrogens is 1. The summed E-state index contributed by atoms with van der Waals surface area (Å²) in [7, 11) is 0. The summed E-state index contributed by atoms with van der Waals surface area (Å²) in [4.78, 5) is 23.8. The van der Waals surface area contributed by atoms with E-state index in [1.165, 1.54) is 24.3 Å². The van der Waals surface area contributed by atoms with Gasteiger partial charge in [-0.15, -0.1) is 0 Å². The van der Waals surface area contributed by atoms with Crippen LogP contribution in [0, 0.1) is 0 Å². The average Bonchev–Trinajstić information content (AvgIpc) is 2.76. The molecule has 0 bridgehead atoms. The highest BCUT2D eigenvalue weighted by molar-refractivity contribution is 7.99. The molecule has 2 amide bonds. The zero-order valence-corrected chi connectivity index (χ0v) is 16.9. The van der Waals surface area contributed by atoms with Crippen LogP contribution >= 0.6 is 11.8 Å². The van der Waals surface area contributed by atoms with E-state index in [0.717, 1.165) is 63.8 Å². The molecule has 3 saturated heterocycles. The number of piperidine rings is 1. The van der Waals surface area contributed by atoms with Gasteiger partial charge in [0.2, 0.25) is 0 Å². The summed E-state index contributed by atoms with van der Waals surface area (Å²) in [6.45, 7) is 5.57. The maximum absolute atomic E-state index is 12.7. The number of hydrogen-bond acceptors (Lipinski definition) is 5. The van der Waals surface area contributed by atoms with Crippen molar-refractivity contribution in [3.8, 4) is 0 Å². The molecular weight excluding hydrogens is 358 g/mol. The highest BCUT2D eigenvalue weighted by Crippen LogP contribution is 2.24. The lowest BCUT2D eigenvalue weighted by atomic mass is 10.0. The third-order valence-electron chi connectivity index (χ3n) is 6.14. The number of carbonyl (C=O) groups is 1. The van der Waals surface area contributed by atoms with Gasteiger partial charge in [-0.3, -0.25) is 4.98 Å². The van der Waals surface area contributed by atoms with Gasteiger partial charge < -0.3 is 20.0 Å². The quantitative estimate of drug-likeness (QED) is 0.860. The molecule has 6 nitrogen and oxygen atoms in total. The van der Waals surface area contributed by atoms with E-state index in [4.69, 9.17) is 0 Å². The standard InChI is InChI=1S/C20H31N5OS/c26-20(25-12-10-24(11-13-25)19-2-1-7-21-16-19)22-17-3-8-23(9-4-17)18-5-14-27-15-6-18/h1-2,7,16-18H,3-6,8-15H2,(H,22,26). The van der Waals surface area contributed by atoms with Gasteiger partial charge in [0.05, 0.1) is 11.9 Å². The van der Waals surface area contributed by atoms with Gasteiger partial charge in [0.25, 0.3) is 0 Å². The topological polar surface area (TPSA) is 51.7 Å². The van der Waals surface area contributed by atoms with Crippen molar-refractivity contribution >= 4 is 23.5 Å². The van der Waals surface area contributed by atoms with Gasteiger partial charge in [-0.05, 0) is 49.3 Å². The van der Waals surface area contributed by atoms with Gasteiger partial charge >= 0.3 is 6.03 Å². The number of piperazine rings is 1. The molecule has 0 saturated carbocycles. The van der Waals surface area contributed by atoms with Gasteiger partial charge in [0, 0.05) is 57.5 Å². The van der Waals surface area contributed by atoms with Crippen molar-refractivity contribution in [3.63, 3.8) is 0 Å². The predicted molar refractivity (Wildman–Crippen MR) is 111 cm³/mol. The number of hydrogen-bond donors (Lipinski definition) is 1. The normalized spacial score (nSPS) is 23.4. The van der Waals surface area contributed by atoms with E-state index in [1.807, 2.05) is 17.2 Å². The number of carbonyl (C=O) groups excluding carboxylic acids is 1. The van der Waals surface area contributed by atoms with E-state index in [9.17, 15) is 4.79 Å². The molecule has 1 aromatic rings. The number of nitrogens with zero attached hydrogens (tertiary/aromatic N) is 4. The molecule has 148 valence electrons. The highest BCUT2D eigenvalue weighted by atomic mass is 32.2. The SMILES string of the molecule is O=C(NC1CCN(C2CCSCC2)CC1)N1CCN(c2cccnc2)CC1. The molecule has 0 atom stereocenters. The van der Waals surface area contributed by atoms with Crippen molar-refractivity contribution in [3.05, 3.63) is 24.5 Å². The highest BCUT2D eigenvalue weighted by Gasteiger charge is 2.28. The monoisotopic (exact) mass is 389 g/mol. The summed E-state index contributed by atoms with van der Waals surface area (Å²) < 4.78 is 0. The minimum Gasteiger partial charge on any atom is -0.367 e. The zero-order chi connectivity index (χ0) is 18.5. The van der Waals surface area contributed by atoms with E-state index in [0.29, 0.717) is 6.04 Å². The number of amides is 2. The van der Waals surface area contributed by atoms with Crippen LogP contribution in [-0.2, 0) is 0 Å². The zero-order valence-electron chi connectivity index (χ0n) is 16.1. The molecule has 27 heavy (non-hydrogen) atoms. The lowest BCUT2D eigenvalue weighted by molar-refractivity contribution is 0.132. The molecule has 4 heterocycles. The molecule has 1 aromatic heterocycles. The molecule has 3 aliphatic heterocycles. The molecule has 0 spiro atoms. The van der Waals surface area contributed by atoms with Crippen molar-refractivity contribution in [1.29, 1.82) is 0 Å². The fraction of sp³-hybridized carbons (Fsp3) is 0.700. The van der Waals surface area contributed by atoms with E-state index >= 15 is 0 Å². The lowest BCUT2D eigenvalue weighted by Crippen LogP contribution is -2.55. The second-order valence-corrected chi connectivity index (χ2v) is 9.01. The van der Waals surface area contributed by atoms with Crippen molar-refractivity contribution in [1.82, 2.24) is 20.1 Å². The average molecular weight is 390 g/mol. The van der Waals surface area contributed by atoms with Crippen LogP contribution in [-0.4, -0.2) is 83.7 Å². The lowest BCUT2D eigenvalue weighted by Gasteiger charge is -2.40. The largest absolute Gasteiger partial charge is 0.367 e. The van der Waals surface area contributed by atoms with Gasteiger partial charge in [-0.2, -0.15) is 11.8 Å². The van der Waals surface area contributed by atoms with E-state index < -0.39 is 0 Å². The first-order valence-electron chi connectivity index (χ1n) is 10.3. The summed E-state index contributed by atoms with van der Waals surface area (Å²) in [5.74, 6) is 2.62. The fourth-order valence-corrected chi connectivity index (χ4v) is 5.52. The van der Waals surface area contributed by atoms with Gasteiger partial charge in [0.15, 0.2) is 0 Å². The number of rotatable bonds is 3. The number of pyridine rings is 1. The van der Waals surface area contributed by atoms with Crippen LogP contribution in [0.2, 0.25) is 0 Å². The second-order valence-electron chi connectivity index (χ2n) is 7.79. The minimum absolute atomic E-state index is 0.119. The minimum atomic E-state index is 0.119. The first-order valence-corrected chi connectivity index (χ1v) is 11.5. The van der Waals surface area contributed by atoms with Crippen molar-refractivity contribution in [2.45, 2.75) is 37.8 Å². The Morgan fingerprint density at radius 1 is 1.04 bits per heavy atom. The summed E-state index contributed by atoms with van der Waals surface area (Å²) in [6.07, 6.45) is 8.54. The molecule has 4 rings (SSSR count). The summed E-state index contributed by atoms with van der Waals surface area (Å²) in [5.41, 5.74) is 1.14. The first-order chi connectivity index (χ1) is 13.3. The Kier molecular flexibility index (Phi) is 6.39. The molecular formula is C20H31N5OS. The Labute approximate surface area is 166 Å². The third kappa shape index (κ3) is 4.88. The molecule has 0 radical (unpaired) electrons. The summed E-state index contributed by atoms with van der Waals surface area (Å²) in [5, 5.41) is 3.29. The second kappa shape index (κ2) is 9.15. The number of likely N-dealkylation sites (tertiary alicyclic amines) is 1. The maximum Gasteiger partial charge on any atom is 0.317 e. The van der Waals surface area contributed by atoms with Crippen LogP contribution in [0.1, 0.15) is 25.7 Å². The molecule has 7 heteroatoms. The Bertz CT molecular complexity index is 594. The van der Waals surface area contributed by atoms with Crippen molar-refractivity contribution in [2.75, 3.05) is 55.7 Å². The van der Waals surface area contributed by atoms with Crippen molar-refractivity contribution in [2.24, 2.45) is 0 Å². The maximum atomic E-state index is 12.7. The first kappa shape index (κ1) is 18.9. The van der Waals surface area contributed by atoms with E-state index in [2.05, 4.69) is 37.9 Å². The fourth-order valence-electron chi connectivity index (χ4n) is 4.43. The Morgan fingerprint density at radius 2 is 1.78 bits per heavy atom. The predicted octanol–water partition coefficient (Wildman–Crippen LogP) is 2.27. The summed E-state index contributed by atoms with van der Waals surface area (Å²) in [6, 6.07) is 5.29. The Morgan fingerprint density at radius 3 is 2.44 bits per heavy atom. The van der Waals surface area contributed by atoms with Crippen LogP contribution in [0.5, 0.6) is 0 Å².